The van der Waals surface area contributed by atoms with Crippen molar-refractivity contribution in [1.29, 1.82) is 0 Å². The normalized spacial score (nSPS) is 10.2. The van der Waals surface area contributed by atoms with Gasteiger partial charge >= 0.3 is 0 Å². The quantitative estimate of drug-likeness (QED) is 0.680. The van der Waals surface area contributed by atoms with Gasteiger partial charge in [0.2, 0.25) is 5.16 Å². The van der Waals surface area contributed by atoms with Gasteiger partial charge in [-0.05, 0) is 18.4 Å². The lowest BCUT2D eigenvalue weighted by Gasteiger charge is -1.97. The SMILES string of the molecule is CSc1ncn(-c2ccccc2)n1. The van der Waals surface area contributed by atoms with Crippen LogP contribution < -0.4 is 0 Å². The van der Waals surface area contributed by atoms with Gasteiger partial charge < -0.3 is 0 Å². The average Bonchev–Trinajstić information content (AvgIpc) is 2.67. The van der Waals surface area contributed by atoms with Gasteiger partial charge in [0.1, 0.15) is 6.33 Å². The van der Waals surface area contributed by atoms with E-state index in [1.54, 1.807) is 22.8 Å². The summed E-state index contributed by atoms with van der Waals surface area (Å²) in [7, 11) is 0. The summed E-state index contributed by atoms with van der Waals surface area (Å²) in [6.07, 6.45) is 3.69. The van der Waals surface area contributed by atoms with Gasteiger partial charge in [-0.1, -0.05) is 30.0 Å². The molecule has 3 nitrogen and oxygen atoms in total. The standard InChI is InChI=1S/C9H9N3S/c1-13-9-10-7-12(11-9)8-5-3-2-4-6-8/h2-7H,1H3. The molecule has 0 N–H and O–H groups in total. The minimum Gasteiger partial charge on any atom is -0.220 e. The summed E-state index contributed by atoms with van der Waals surface area (Å²) in [6, 6.07) is 9.94. The van der Waals surface area contributed by atoms with Crippen LogP contribution in [0.15, 0.2) is 41.8 Å². The molecule has 0 spiro atoms. The highest BCUT2D eigenvalue weighted by Gasteiger charge is 1.99. The molecule has 0 bridgehead atoms. The van der Waals surface area contributed by atoms with E-state index >= 15 is 0 Å². The number of hydrogen-bond donors (Lipinski definition) is 0. The summed E-state index contributed by atoms with van der Waals surface area (Å²) in [5.41, 5.74) is 1.04. The summed E-state index contributed by atoms with van der Waals surface area (Å²) in [5.74, 6) is 0. The van der Waals surface area contributed by atoms with Crippen LogP contribution >= 0.6 is 11.8 Å². The Morgan fingerprint density at radius 2 is 2.00 bits per heavy atom. The maximum atomic E-state index is 4.27. The first-order valence-electron chi connectivity index (χ1n) is 3.91. The average molecular weight is 191 g/mol. The lowest BCUT2D eigenvalue weighted by molar-refractivity contribution is 0.835. The molecule has 2 rings (SSSR count). The lowest BCUT2D eigenvalue weighted by atomic mass is 10.3. The van der Waals surface area contributed by atoms with Gasteiger partial charge in [-0.3, -0.25) is 0 Å². The molecule has 4 heteroatoms. The van der Waals surface area contributed by atoms with E-state index in [2.05, 4.69) is 10.1 Å². The highest BCUT2D eigenvalue weighted by atomic mass is 32.2. The van der Waals surface area contributed by atoms with E-state index in [0.29, 0.717) is 0 Å². The maximum absolute atomic E-state index is 4.27. The first-order chi connectivity index (χ1) is 6.40. The third-order valence-electron chi connectivity index (χ3n) is 1.67. The monoisotopic (exact) mass is 191 g/mol. The van der Waals surface area contributed by atoms with E-state index in [1.807, 2.05) is 36.6 Å². The Morgan fingerprint density at radius 3 is 2.62 bits per heavy atom. The summed E-state index contributed by atoms with van der Waals surface area (Å²) >= 11 is 1.54. The van der Waals surface area contributed by atoms with Crippen LogP contribution in [0.5, 0.6) is 0 Å². The van der Waals surface area contributed by atoms with Crippen LogP contribution in [0, 0.1) is 0 Å². The molecule has 0 aliphatic carbocycles. The second kappa shape index (κ2) is 3.62. The van der Waals surface area contributed by atoms with Crippen LogP contribution in [0.1, 0.15) is 0 Å². The van der Waals surface area contributed by atoms with Crippen molar-refractivity contribution in [1.82, 2.24) is 14.8 Å². The molecule has 1 aromatic carbocycles. The third-order valence-corrected chi connectivity index (χ3v) is 2.23. The predicted octanol–water partition coefficient (Wildman–Crippen LogP) is 1.99. The Bertz CT molecular complexity index is 383. The van der Waals surface area contributed by atoms with Crippen LogP contribution in [0.4, 0.5) is 0 Å². The molecule has 0 aliphatic heterocycles. The number of hydrogen-bond acceptors (Lipinski definition) is 3. The van der Waals surface area contributed by atoms with E-state index in [1.165, 1.54) is 0 Å². The van der Waals surface area contributed by atoms with Crippen LogP contribution in [0.25, 0.3) is 5.69 Å². The molecule has 2 aromatic rings. The van der Waals surface area contributed by atoms with Gasteiger partial charge in [0, 0.05) is 0 Å². The van der Waals surface area contributed by atoms with E-state index in [9.17, 15) is 0 Å². The molecule has 0 amide bonds. The fraction of sp³-hybridized carbons (Fsp3) is 0.111. The van der Waals surface area contributed by atoms with Gasteiger partial charge in [-0.25, -0.2) is 9.67 Å². The molecule has 0 saturated carbocycles. The van der Waals surface area contributed by atoms with E-state index in [4.69, 9.17) is 0 Å². The summed E-state index contributed by atoms with van der Waals surface area (Å²) in [5, 5.41) is 5.06. The molecule has 0 unspecified atom stereocenters. The molecule has 0 fully saturated rings. The second-order valence-corrected chi connectivity index (χ2v) is 3.28. The predicted molar refractivity (Wildman–Crippen MR) is 53.1 cm³/mol. The first kappa shape index (κ1) is 8.31. The van der Waals surface area contributed by atoms with Crippen LogP contribution in [0.3, 0.4) is 0 Å². The van der Waals surface area contributed by atoms with E-state index in [-0.39, 0.29) is 0 Å². The first-order valence-corrected chi connectivity index (χ1v) is 5.14. The second-order valence-electron chi connectivity index (χ2n) is 2.51. The molecule has 66 valence electrons. The van der Waals surface area contributed by atoms with Crippen molar-refractivity contribution in [3.63, 3.8) is 0 Å². The number of aromatic nitrogens is 3. The summed E-state index contributed by atoms with van der Waals surface area (Å²) < 4.78 is 1.77. The Balaban J connectivity index is 2.36. The van der Waals surface area contributed by atoms with Crippen LogP contribution in [-0.4, -0.2) is 21.0 Å². The van der Waals surface area contributed by atoms with Crippen molar-refractivity contribution in [2.45, 2.75) is 5.16 Å². The molecule has 13 heavy (non-hydrogen) atoms. The Morgan fingerprint density at radius 1 is 1.23 bits per heavy atom. The molecule has 0 aliphatic rings. The molecule has 1 aromatic heterocycles. The molecule has 0 radical (unpaired) electrons. The smallest absolute Gasteiger partial charge is 0.208 e. The van der Waals surface area contributed by atoms with Gasteiger partial charge in [0.15, 0.2) is 0 Å². The number of nitrogens with zero attached hydrogens (tertiary/aromatic N) is 3. The van der Waals surface area contributed by atoms with Gasteiger partial charge in [0.25, 0.3) is 0 Å². The van der Waals surface area contributed by atoms with Crippen molar-refractivity contribution >= 4 is 11.8 Å². The minimum atomic E-state index is 0.795. The molecule has 1 heterocycles. The number of thioether (sulfide) groups is 1. The molecular weight excluding hydrogens is 182 g/mol. The largest absolute Gasteiger partial charge is 0.220 e. The Labute approximate surface area is 80.8 Å². The topological polar surface area (TPSA) is 30.7 Å². The number of rotatable bonds is 2. The van der Waals surface area contributed by atoms with Crippen molar-refractivity contribution in [3.8, 4) is 5.69 Å². The molecule has 0 saturated heterocycles. The maximum Gasteiger partial charge on any atom is 0.208 e. The fourth-order valence-corrected chi connectivity index (χ4v) is 1.37. The molecular formula is C9H9N3S. The summed E-state index contributed by atoms with van der Waals surface area (Å²) in [6.45, 7) is 0. The summed E-state index contributed by atoms with van der Waals surface area (Å²) in [4.78, 5) is 4.13. The zero-order chi connectivity index (χ0) is 9.10. The Kier molecular flexibility index (Phi) is 2.31. The minimum absolute atomic E-state index is 0.795. The van der Waals surface area contributed by atoms with Crippen molar-refractivity contribution in [3.05, 3.63) is 36.7 Å². The van der Waals surface area contributed by atoms with Gasteiger partial charge in [-0.15, -0.1) is 5.10 Å². The van der Waals surface area contributed by atoms with E-state index in [0.717, 1.165) is 10.8 Å². The van der Waals surface area contributed by atoms with Crippen LogP contribution in [0.2, 0.25) is 0 Å². The molecule has 0 atom stereocenters. The fourth-order valence-electron chi connectivity index (χ4n) is 1.05. The zero-order valence-corrected chi connectivity index (χ0v) is 8.03. The van der Waals surface area contributed by atoms with Gasteiger partial charge in [-0.2, -0.15) is 0 Å². The highest BCUT2D eigenvalue weighted by Crippen LogP contribution is 2.10. The Hall–Kier alpha value is -1.29. The van der Waals surface area contributed by atoms with Gasteiger partial charge in [0.05, 0.1) is 5.69 Å². The number of para-hydroxylation sites is 1. The lowest BCUT2D eigenvalue weighted by Crippen LogP contribution is -1.93. The number of benzene rings is 1. The van der Waals surface area contributed by atoms with Crippen molar-refractivity contribution in [2.75, 3.05) is 6.26 Å². The highest BCUT2D eigenvalue weighted by molar-refractivity contribution is 7.98. The third kappa shape index (κ3) is 1.72. The zero-order valence-electron chi connectivity index (χ0n) is 7.21. The van der Waals surface area contributed by atoms with Crippen LogP contribution in [-0.2, 0) is 0 Å². The van der Waals surface area contributed by atoms with E-state index < -0.39 is 0 Å². The van der Waals surface area contributed by atoms with Crippen molar-refractivity contribution < 1.29 is 0 Å². The van der Waals surface area contributed by atoms with Crippen molar-refractivity contribution in [2.24, 2.45) is 0 Å².